The molecule has 0 aromatic heterocycles. The number of nitrogens with one attached hydrogen (secondary N) is 1. The van der Waals surface area contributed by atoms with Gasteiger partial charge in [0.15, 0.2) is 0 Å². The second-order valence-corrected chi connectivity index (χ2v) is 7.44. The van der Waals surface area contributed by atoms with Crippen molar-refractivity contribution in [3.8, 4) is 6.07 Å². The van der Waals surface area contributed by atoms with Gasteiger partial charge in [0, 0.05) is 49.6 Å². The van der Waals surface area contributed by atoms with Gasteiger partial charge in [-0.15, -0.1) is 10.2 Å². The number of amides is 1. The van der Waals surface area contributed by atoms with Crippen LogP contribution in [0.3, 0.4) is 0 Å². The van der Waals surface area contributed by atoms with E-state index in [4.69, 9.17) is 0 Å². The summed E-state index contributed by atoms with van der Waals surface area (Å²) in [5.41, 5.74) is 1.84. The van der Waals surface area contributed by atoms with Gasteiger partial charge in [-0.25, -0.2) is 0 Å². The van der Waals surface area contributed by atoms with Crippen molar-refractivity contribution in [2.75, 3.05) is 29.9 Å². The summed E-state index contributed by atoms with van der Waals surface area (Å²) >= 11 is 3.13. The van der Waals surface area contributed by atoms with Crippen LogP contribution in [-0.4, -0.2) is 30.5 Å². The Morgan fingerprint density at radius 1 is 1.29 bits per heavy atom. The van der Waals surface area contributed by atoms with Crippen molar-refractivity contribution in [2.24, 2.45) is 10.2 Å². The van der Waals surface area contributed by atoms with Gasteiger partial charge in [-0.2, -0.15) is 5.26 Å². The topological polar surface area (TPSA) is 124 Å². The third-order valence-electron chi connectivity index (χ3n) is 4.42. The normalized spacial score (nSPS) is 10.6. The van der Waals surface area contributed by atoms with Gasteiger partial charge < -0.3 is 10.2 Å². The van der Waals surface area contributed by atoms with E-state index < -0.39 is 10.8 Å². The number of rotatable bonds is 10. The van der Waals surface area contributed by atoms with E-state index in [1.807, 2.05) is 30.3 Å². The van der Waals surface area contributed by atoms with E-state index in [0.29, 0.717) is 6.54 Å². The Morgan fingerprint density at radius 2 is 2.00 bits per heavy atom. The van der Waals surface area contributed by atoms with Crippen molar-refractivity contribution < 1.29 is 9.72 Å². The zero-order valence-corrected chi connectivity index (χ0v) is 18.9. The number of hydrogen-bond donors (Lipinski definition) is 1. The lowest BCUT2D eigenvalue weighted by Gasteiger charge is -2.22. The van der Waals surface area contributed by atoms with Crippen molar-refractivity contribution in [2.45, 2.75) is 26.7 Å². The summed E-state index contributed by atoms with van der Waals surface area (Å²) in [6.07, 6.45) is 1.19. The number of carbonyl (C=O) groups excluding carboxylic acids is 1. The molecule has 2 aromatic rings. The first kappa shape index (κ1) is 24.0. The standard InChI is InChI=1S/C21H23BrN6O3/c1-3-11-27(4-2)17-7-5-16(6-8-17)24-10-9-20(29)25-26-21-15(14-23)12-18(28(30)31)13-19(21)22/h5-8,12-13,24H,3-4,9-11H2,1-2H3. The summed E-state index contributed by atoms with van der Waals surface area (Å²) in [6, 6.07) is 12.1. The summed E-state index contributed by atoms with van der Waals surface area (Å²) in [6.45, 7) is 6.58. The molecule has 0 saturated carbocycles. The molecule has 2 aromatic carbocycles. The lowest BCUT2D eigenvalue weighted by atomic mass is 10.2. The van der Waals surface area contributed by atoms with Gasteiger partial charge in [-0.3, -0.25) is 14.9 Å². The fourth-order valence-electron chi connectivity index (χ4n) is 2.88. The van der Waals surface area contributed by atoms with Gasteiger partial charge in [0.05, 0.1) is 15.0 Å². The lowest BCUT2D eigenvalue weighted by molar-refractivity contribution is -0.384. The van der Waals surface area contributed by atoms with E-state index in [2.05, 4.69) is 50.2 Å². The smallest absolute Gasteiger partial charge is 0.272 e. The van der Waals surface area contributed by atoms with Crippen molar-refractivity contribution in [1.82, 2.24) is 0 Å². The van der Waals surface area contributed by atoms with Gasteiger partial charge in [-0.05, 0) is 53.5 Å². The zero-order chi connectivity index (χ0) is 22.8. The molecule has 10 heteroatoms. The molecular formula is C21H23BrN6O3. The SMILES string of the molecule is CCCN(CC)c1ccc(NCCC(=O)N=Nc2c(Br)cc([N+](=O)[O-])cc2C#N)cc1. The molecule has 162 valence electrons. The number of benzene rings is 2. The molecule has 0 bridgehead atoms. The number of hydrogen-bond acceptors (Lipinski definition) is 7. The average molecular weight is 487 g/mol. The molecule has 0 atom stereocenters. The lowest BCUT2D eigenvalue weighted by Crippen LogP contribution is -2.23. The highest BCUT2D eigenvalue weighted by molar-refractivity contribution is 9.10. The van der Waals surface area contributed by atoms with Crippen LogP contribution in [-0.2, 0) is 4.79 Å². The quantitative estimate of drug-likeness (QED) is 0.265. The van der Waals surface area contributed by atoms with Crippen LogP contribution in [0.25, 0.3) is 0 Å². The van der Waals surface area contributed by atoms with Gasteiger partial charge in [0.25, 0.3) is 11.6 Å². The minimum atomic E-state index is -0.612. The molecule has 0 aliphatic heterocycles. The second-order valence-electron chi connectivity index (χ2n) is 6.59. The Labute approximate surface area is 189 Å². The molecule has 0 radical (unpaired) electrons. The fraction of sp³-hybridized carbons (Fsp3) is 0.333. The predicted octanol–water partition coefficient (Wildman–Crippen LogP) is 5.58. The molecule has 2 rings (SSSR count). The number of nitriles is 1. The van der Waals surface area contributed by atoms with Crippen LogP contribution in [0.15, 0.2) is 51.1 Å². The van der Waals surface area contributed by atoms with Crippen molar-refractivity contribution in [3.05, 3.63) is 56.5 Å². The molecule has 0 fully saturated rings. The number of non-ortho nitro benzene ring substituents is 1. The summed E-state index contributed by atoms with van der Waals surface area (Å²) in [4.78, 5) is 24.6. The Balaban J connectivity index is 1.93. The largest absolute Gasteiger partial charge is 0.385 e. The molecule has 0 aliphatic carbocycles. The van der Waals surface area contributed by atoms with Crippen LogP contribution in [0.2, 0.25) is 0 Å². The molecule has 0 spiro atoms. The Hall–Kier alpha value is -3.32. The predicted molar refractivity (Wildman–Crippen MR) is 123 cm³/mol. The summed E-state index contributed by atoms with van der Waals surface area (Å²) in [5.74, 6) is -0.474. The highest BCUT2D eigenvalue weighted by Crippen LogP contribution is 2.33. The van der Waals surface area contributed by atoms with E-state index in [1.165, 1.54) is 6.07 Å². The van der Waals surface area contributed by atoms with Crippen LogP contribution in [0.4, 0.5) is 22.7 Å². The molecule has 1 amide bonds. The highest BCUT2D eigenvalue weighted by Gasteiger charge is 2.15. The van der Waals surface area contributed by atoms with Crippen LogP contribution in [0.5, 0.6) is 0 Å². The highest BCUT2D eigenvalue weighted by atomic mass is 79.9. The molecular weight excluding hydrogens is 464 g/mol. The molecule has 9 nitrogen and oxygen atoms in total. The number of nitrogens with zero attached hydrogens (tertiary/aromatic N) is 5. The summed E-state index contributed by atoms with van der Waals surface area (Å²) < 4.78 is 0.220. The van der Waals surface area contributed by atoms with E-state index in [9.17, 15) is 20.2 Å². The molecule has 31 heavy (non-hydrogen) atoms. The number of azo groups is 1. The van der Waals surface area contributed by atoms with Crippen LogP contribution >= 0.6 is 15.9 Å². The molecule has 0 heterocycles. The third kappa shape index (κ3) is 6.86. The minimum absolute atomic E-state index is 0.0416. The maximum absolute atomic E-state index is 12.0. The van der Waals surface area contributed by atoms with Crippen molar-refractivity contribution >= 4 is 44.6 Å². The molecule has 1 N–H and O–H groups in total. The first-order chi connectivity index (χ1) is 14.9. The molecule has 0 saturated heterocycles. The maximum Gasteiger partial charge on any atom is 0.272 e. The summed E-state index contributed by atoms with van der Waals surface area (Å²) in [7, 11) is 0. The first-order valence-corrected chi connectivity index (χ1v) is 10.6. The van der Waals surface area contributed by atoms with Gasteiger partial charge in [0.1, 0.15) is 11.8 Å². The second kappa shape index (κ2) is 11.8. The van der Waals surface area contributed by atoms with Crippen molar-refractivity contribution in [3.63, 3.8) is 0 Å². The average Bonchev–Trinajstić information content (AvgIpc) is 2.76. The van der Waals surface area contributed by atoms with E-state index in [0.717, 1.165) is 37.0 Å². The van der Waals surface area contributed by atoms with Crippen molar-refractivity contribution in [1.29, 1.82) is 5.26 Å². The van der Waals surface area contributed by atoms with Crippen LogP contribution in [0.1, 0.15) is 32.3 Å². The van der Waals surface area contributed by atoms with Crippen LogP contribution in [0, 0.1) is 21.4 Å². The minimum Gasteiger partial charge on any atom is -0.385 e. The number of anilines is 2. The molecule has 0 unspecified atom stereocenters. The number of nitro benzene ring substituents is 1. The molecule has 0 aliphatic rings. The monoisotopic (exact) mass is 486 g/mol. The Morgan fingerprint density at radius 3 is 2.58 bits per heavy atom. The fourth-order valence-corrected chi connectivity index (χ4v) is 3.40. The number of nitro groups is 1. The number of carbonyl (C=O) groups is 1. The van der Waals surface area contributed by atoms with Gasteiger partial charge >= 0.3 is 0 Å². The Bertz CT molecular complexity index is 1000. The number of halogens is 1. The maximum atomic E-state index is 12.0. The van der Waals surface area contributed by atoms with E-state index >= 15 is 0 Å². The van der Waals surface area contributed by atoms with Gasteiger partial charge in [-0.1, -0.05) is 6.92 Å². The zero-order valence-electron chi connectivity index (χ0n) is 17.3. The summed E-state index contributed by atoms with van der Waals surface area (Å²) in [5, 5.41) is 30.7. The van der Waals surface area contributed by atoms with E-state index in [1.54, 1.807) is 0 Å². The van der Waals surface area contributed by atoms with Crippen LogP contribution < -0.4 is 10.2 Å². The van der Waals surface area contributed by atoms with E-state index in [-0.39, 0.29) is 27.8 Å². The third-order valence-corrected chi connectivity index (χ3v) is 5.02. The first-order valence-electron chi connectivity index (χ1n) is 9.81. The Kier molecular flexibility index (Phi) is 9.09. The van der Waals surface area contributed by atoms with Gasteiger partial charge in [0.2, 0.25) is 0 Å².